The van der Waals surface area contributed by atoms with Gasteiger partial charge in [-0.3, -0.25) is 4.79 Å². The number of aryl methyl sites for hydroxylation is 1. The first-order valence-corrected chi connectivity index (χ1v) is 11.0. The van der Waals surface area contributed by atoms with Crippen molar-refractivity contribution in [3.8, 4) is 0 Å². The van der Waals surface area contributed by atoms with Crippen LogP contribution in [-0.4, -0.2) is 48.4 Å². The predicted molar refractivity (Wildman–Crippen MR) is 100 cm³/mol. The topological polar surface area (TPSA) is 92.3 Å². The van der Waals surface area contributed by atoms with Crippen molar-refractivity contribution in [3.63, 3.8) is 0 Å². The second-order valence-corrected chi connectivity index (χ2v) is 9.08. The highest BCUT2D eigenvalue weighted by Crippen LogP contribution is 2.21. The van der Waals surface area contributed by atoms with Gasteiger partial charge in [-0.1, -0.05) is 34.8 Å². The van der Waals surface area contributed by atoms with E-state index in [1.165, 1.54) is 0 Å². The average molecular weight is 395 g/mol. The van der Waals surface area contributed by atoms with Crippen molar-refractivity contribution >= 4 is 27.5 Å². The van der Waals surface area contributed by atoms with Crippen molar-refractivity contribution in [1.29, 1.82) is 0 Å². The molecule has 0 spiro atoms. The number of carbonyl (C=O) groups is 1. The third-order valence-corrected chi connectivity index (χ3v) is 6.67. The van der Waals surface area contributed by atoms with Gasteiger partial charge < -0.3 is 4.90 Å². The lowest BCUT2D eigenvalue weighted by atomic mass is 9.97. The fourth-order valence-corrected chi connectivity index (χ4v) is 4.85. The number of likely N-dealkylation sites (tertiary alicyclic amines) is 1. The lowest BCUT2D eigenvalue weighted by Gasteiger charge is -2.31. The number of sulfonamides is 1. The summed E-state index contributed by atoms with van der Waals surface area (Å²) < 4.78 is 31.0. The SMILES string of the molecule is Cc1nnsc1C(=O)N1CCC(CNS(=O)(=O)Cc2ccccc2)CC1. The molecule has 1 aromatic carbocycles. The minimum Gasteiger partial charge on any atom is -0.338 e. The van der Waals surface area contributed by atoms with Crippen molar-refractivity contribution < 1.29 is 13.2 Å². The highest BCUT2D eigenvalue weighted by atomic mass is 32.2. The van der Waals surface area contributed by atoms with Crippen LogP contribution in [0.15, 0.2) is 30.3 Å². The summed E-state index contributed by atoms with van der Waals surface area (Å²) in [6.07, 6.45) is 1.57. The molecule has 140 valence electrons. The second kappa shape index (κ2) is 8.24. The normalized spacial score (nSPS) is 16.0. The van der Waals surface area contributed by atoms with Crippen LogP contribution in [0.4, 0.5) is 0 Å². The Morgan fingerprint density at radius 1 is 1.27 bits per heavy atom. The summed E-state index contributed by atoms with van der Waals surface area (Å²) in [6, 6.07) is 9.14. The lowest BCUT2D eigenvalue weighted by molar-refractivity contribution is 0.0696. The molecule has 0 unspecified atom stereocenters. The first kappa shape index (κ1) is 18.9. The molecule has 3 rings (SSSR count). The Balaban J connectivity index is 1.47. The van der Waals surface area contributed by atoms with Crippen LogP contribution in [0.2, 0.25) is 0 Å². The van der Waals surface area contributed by atoms with E-state index in [2.05, 4.69) is 14.3 Å². The standard InChI is InChI=1S/C17H22N4O3S2/c1-13-16(25-20-19-13)17(22)21-9-7-14(8-10-21)11-18-26(23,24)12-15-5-3-2-4-6-15/h2-6,14,18H,7-12H2,1H3. The zero-order valence-corrected chi connectivity index (χ0v) is 16.2. The number of hydrogen-bond acceptors (Lipinski definition) is 6. The van der Waals surface area contributed by atoms with E-state index in [9.17, 15) is 13.2 Å². The minimum atomic E-state index is -3.35. The minimum absolute atomic E-state index is 0.0111. The van der Waals surface area contributed by atoms with E-state index in [-0.39, 0.29) is 17.6 Å². The fraction of sp³-hybridized carbons (Fsp3) is 0.471. The Bertz CT molecular complexity index is 844. The maximum atomic E-state index is 12.5. The quantitative estimate of drug-likeness (QED) is 0.807. The number of carbonyl (C=O) groups excluding carboxylic acids is 1. The highest BCUT2D eigenvalue weighted by molar-refractivity contribution is 7.88. The number of nitrogens with zero attached hydrogens (tertiary/aromatic N) is 3. The second-order valence-electron chi connectivity index (χ2n) is 6.52. The summed E-state index contributed by atoms with van der Waals surface area (Å²) in [5.41, 5.74) is 1.43. The Morgan fingerprint density at radius 2 is 1.96 bits per heavy atom. The third kappa shape index (κ3) is 4.87. The maximum absolute atomic E-state index is 12.5. The first-order chi connectivity index (χ1) is 12.4. The van der Waals surface area contributed by atoms with Gasteiger partial charge in [0.05, 0.1) is 11.4 Å². The maximum Gasteiger partial charge on any atom is 0.267 e. The van der Waals surface area contributed by atoms with Crippen LogP contribution in [0, 0.1) is 12.8 Å². The van der Waals surface area contributed by atoms with Crippen molar-refractivity contribution in [2.24, 2.45) is 5.92 Å². The molecule has 7 nitrogen and oxygen atoms in total. The first-order valence-electron chi connectivity index (χ1n) is 8.54. The number of aromatic nitrogens is 2. The van der Waals surface area contributed by atoms with Crippen LogP contribution in [0.3, 0.4) is 0 Å². The summed E-state index contributed by atoms with van der Waals surface area (Å²) >= 11 is 1.12. The number of rotatable bonds is 6. The summed E-state index contributed by atoms with van der Waals surface area (Å²) in [5, 5.41) is 3.88. The molecule has 1 saturated heterocycles. The van der Waals surface area contributed by atoms with Gasteiger partial charge in [-0.05, 0) is 42.8 Å². The van der Waals surface area contributed by atoms with Gasteiger partial charge in [-0.25, -0.2) is 13.1 Å². The Hall–Kier alpha value is -1.84. The molecule has 9 heteroatoms. The van der Waals surface area contributed by atoms with Gasteiger partial charge in [0.2, 0.25) is 10.0 Å². The Morgan fingerprint density at radius 3 is 2.58 bits per heavy atom. The largest absolute Gasteiger partial charge is 0.338 e. The average Bonchev–Trinajstić information content (AvgIpc) is 3.06. The van der Waals surface area contributed by atoms with Gasteiger partial charge >= 0.3 is 0 Å². The van der Waals surface area contributed by atoms with Gasteiger partial charge in [0.25, 0.3) is 5.91 Å². The number of benzene rings is 1. The fourth-order valence-electron chi connectivity index (χ4n) is 3.00. The molecule has 1 amide bonds. The number of amides is 1. The molecule has 26 heavy (non-hydrogen) atoms. The molecule has 1 aliphatic rings. The van der Waals surface area contributed by atoms with Crippen LogP contribution in [0.5, 0.6) is 0 Å². The molecule has 1 N–H and O–H groups in total. The summed E-state index contributed by atoms with van der Waals surface area (Å²) in [4.78, 5) is 14.8. The van der Waals surface area contributed by atoms with Crippen LogP contribution in [0.25, 0.3) is 0 Å². The summed E-state index contributed by atoms with van der Waals surface area (Å²) in [7, 11) is -3.35. The molecule has 0 saturated carbocycles. The van der Waals surface area contributed by atoms with Crippen LogP contribution in [0.1, 0.15) is 33.8 Å². The molecule has 1 aromatic heterocycles. The van der Waals surface area contributed by atoms with Crippen molar-refractivity contribution in [2.45, 2.75) is 25.5 Å². The van der Waals surface area contributed by atoms with Crippen LogP contribution < -0.4 is 4.72 Å². The molecule has 0 radical (unpaired) electrons. The smallest absolute Gasteiger partial charge is 0.267 e. The van der Waals surface area contributed by atoms with Crippen molar-refractivity contribution in [3.05, 3.63) is 46.5 Å². The molecule has 2 heterocycles. The molecule has 0 aliphatic carbocycles. The van der Waals surface area contributed by atoms with Gasteiger partial charge in [0, 0.05) is 19.6 Å². The van der Waals surface area contributed by atoms with E-state index in [1.807, 2.05) is 18.2 Å². The molecule has 0 atom stereocenters. The van der Waals surface area contributed by atoms with Crippen LogP contribution in [-0.2, 0) is 15.8 Å². The van der Waals surface area contributed by atoms with E-state index in [0.29, 0.717) is 30.2 Å². The third-order valence-electron chi connectivity index (χ3n) is 4.54. The zero-order chi connectivity index (χ0) is 18.6. The van der Waals surface area contributed by atoms with Crippen molar-refractivity contribution in [1.82, 2.24) is 19.2 Å². The van der Waals surface area contributed by atoms with E-state index >= 15 is 0 Å². The van der Waals surface area contributed by atoms with Gasteiger partial charge in [0.1, 0.15) is 4.88 Å². The van der Waals surface area contributed by atoms with Crippen molar-refractivity contribution in [2.75, 3.05) is 19.6 Å². The monoisotopic (exact) mass is 394 g/mol. The Labute approximate surface area is 157 Å². The van der Waals surface area contributed by atoms with Gasteiger partial charge in [-0.2, -0.15) is 0 Å². The molecule has 0 bridgehead atoms. The van der Waals surface area contributed by atoms with E-state index < -0.39 is 10.0 Å². The predicted octanol–water partition coefficient (Wildman–Crippen LogP) is 1.82. The highest BCUT2D eigenvalue weighted by Gasteiger charge is 2.26. The van der Waals surface area contributed by atoms with E-state index in [0.717, 1.165) is 29.9 Å². The lowest BCUT2D eigenvalue weighted by Crippen LogP contribution is -2.41. The van der Waals surface area contributed by atoms with Gasteiger partial charge in [0.15, 0.2) is 0 Å². The summed E-state index contributed by atoms with van der Waals surface area (Å²) in [5.74, 6) is 0.203. The Kier molecular flexibility index (Phi) is 6.00. The zero-order valence-electron chi connectivity index (χ0n) is 14.6. The molecule has 1 aliphatic heterocycles. The molecular formula is C17H22N4O3S2. The number of nitrogens with one attached hydrogen (secondary N) is 1. The van der Waals surface area contributed by atoms with Crippen LogP contribution >= 0.6 is 11.5 Å². The molecule has 2 aromatic rings. The number of hydrogen-bond donors (Lipinski definition) is 1. The van der Waals surface area contributed by atoms with Gasteiger partial charge in [-0.15, -0.1) is 5.10 Å². The summed E-state index contributed by atoms with van der Waals surface area (Å²) in [6.45, 7) is 3.45. The van der Waals surface area contributed by atoms with E-state index in [1.54, 1.807) is 24.0 Å². The number of piperidine rings is 1. The molecular weight excluding hydrogens is 372 g/mol. The molecule has 1 fully saturated rings. The van der Waals surface area contributed by atoms with E-state index in [4.69, 9.17) is 0 Å².